The Hall–Kier alpha value is -3.69. The number of carbonyl (C=O) groups excluding carboxylic acids is 3. The van der Waals surface area contributed by atoms with E-state index in [0.717, 1.165) is 17.0 Å². The Morgan fingerprint density at radius 1 is 1.23 bits per heavy atom. The lowest BCUT2D eigenvalue weighted by Gasteiger charge is -2.29. The van der Waals surface area contributed by atoms with Crippen LogP contribution in [0.5, 0.6) is 0 Å². The molecule has 39 heavy (non-hydrogen) atoms. The number of likely N-dealkylation sites (tertiary alicyclic amines) is 1. The second-order valence-electron chi connectivity index (χ2n) is 10.6. The third kappa shape index (κ3) is 5.16. The van der Waals surface area contributed by atoms with Gasteiger partial charge in [0.05, 0.1) is 6.07 Å². The molecule has 1 aromatic heterocycles. The van der Waals surface area contributed by atoms with Crippen LogP contribution in [-0.2, 0) is 9.59 Å². The van der Waals surface area contributed by atoms with Crippen molar-refractivity contribution in [2.45, 2.75) is 56.5 Å². The number of aromatic nitrogens is 1. The summed E-state index contributed by atoms with van der Waals surface area (Å²) in [7, 11) is 0. The number of fused-ring (bicyclic) bond motifs is 2. The number of benzene rings is 1. The molecule has 0 bridgehead atoms. The molecule has 208 valence electrons. The molecule has 13 heteroatoms. The van der Waals surface area contributed by atoms with Crippen LogP contribution in [-0.4, -0.2) is 58.7 Å². The van der Waals surface area contributed by atoms with Crippen LogP contribution < -0.4 is 10.6 Å². The summed E-state index contributed by atoms with van der Waals surface area (Å²) in [6, 6.07) is 2.27. The van der Waals surface area contributed by atoms with E-state index >= 15 is 0 Å². The zero-order valence-electron chi connectivity index (χ0n) is 20.7. The minimum atomic E-state index is -3.03. The Morgan fingerprint density at radius 3 is 2.69 bits per heavy atom. The van der Waals surface area contributed by atoms with E-state index < -0.39 is 78.2 Å². The molecule has 0 radical (unpaired) electrons. The van der Waals surface area contributed by atoms with Crippen molar-refractivity contribution in [2.75, 3.05) is 13.1 Å². The first-order chi connectivity index (χ1) is 18.5. The van der Waals surface area contributed by atoms with Gasteiger partial charge in [-0.3, -0.25) is 14.4 Å². The number of rotatable bonds is 6. The van der Waals surface area contributed by atoms with Crippen LogP contribution in [0.4, 0.5) is 22.0 Å². The van der Waals surface area contributed by atoms with Crippen molar-refractivity contribution in [3.63, 3.8) is 0 Å². The highest BCUT2D eigenvalue weighted by molar-refractivity contribution is 6.01. The predicted octanol–water partition coefficient (Wildman–Crippen LogP) is 3.66. The predicted molar refractivity (Wildman–Crippen MR) is 127 cm³/mol. The number of nitriles is 1. The summed E-state index contributed by atoms with van der Waals surface area (Å²) in [4.78, 5) is 42.8. The number of H-pyrrole nitrogens is 1. The molecule has 3 fully saturated rings. The lowest BCUT2D eigenvalue weighted by atomic mass is 9.90. The standard InChI is InChI=1S/C26H26F5N5O3/c27-14-5-17(22(28)29)16-7-20(35-19(16)6-14)25(39)36-11-13-8-26(30,31)9-18(13)21(36)24(38)34-15(10-32)4-12-2-1-3-33-23(12)37/h5-7,12-13,15,18,21-22,35H,1-4,8-9,11H2,(H,33,37)(H,34,38)/t12-,13+,15-,18+,21+/m0/s1. The average Bonchev–Trinajstić information content (AvgIpc) is 3.53. The number of piperidine rings is 1. The van der Waals surface area contributed by atoms with E-state index in [1.54, 1.807) is 0 Å². The van der Waals surface area contributed by atoms with Gasteiger partial charge in [0, 0.05) is 48.3 Å². The molecule has 2 aromatic rings. The highest BCUT2D eigenvalue weighted by Gasteiger charge is 2.58. The molecule has 3 N–H and O–H groups in total. The van der Waals surface area contributed by atoms with E-state index in [0.29, 0.717) is 25.5 Å². The Kier molecular flexibility index (Phi) is 6.99. The second kappa shape index (κ2) is 10.1. The number of alkyl halides is 4. The van der Waals surface area contributed by atoms with Crippen LogP contribution in [0, 0.1) is 34.9 Å². The van der Waals surface area contributed by atoms with Crippen molar-refractivity contribution in [1.29, 1.82) is 5.26 Å². The van der Waals surface area contributed by atoms with Crippen molar-refractivity contribution in [1.82, 2.24) is 20.5 Å². The van der Waals surface area contributed by atoms with E-state index in [1.165, 1.54) is 0 Å². The van der Waals surface area contributed by atoms with Crippen LogP contribution in [0.15, 0.2) is 18.2 Å². The number of hydrogen-bond donors (Lipinski definition) is 3. The number of nitrogens with zero attached hydrogens (tertiary/aromatic N) is 2. The first kappa shape index (κ1) is 26.9. The van der Waals surface area contributed by atoms with E-state index in [9.17, 15) is 41.6 Å². The van der Waals surface area contributed by atoms with Crippen LogP contribution in [0.1, 0.15) is 54.6 Å². The fourth-order valence-electron chi connectivity index (χ4n) is 6.27. The van der Waals surface area contributed by atoms with Gasteiger partial charge in [0.15, 0.2) is 0 Å². The van der Waals surface area contributed by atoms with Crippen molar-refractivity contribution in [2.24, 2.45) is 17.8 Å². The molecule has 1 aromatic carbocycles. The molecule has 3 amide bonds. The second-order valence-corrected chi connectivity index (χ2v) is 10.6. The summed E-state index contributed by atoms with van der Waals surface area (Å²) < 4.78 is 69.4. The summed E-state index contributed by atoms with van der Waals surface area (Å²) in [6.07, 6.45) is -2.88. The van der Waals surface area contributed by atoms with E-state index in [2.05, 4.69) is 15.6 Å². The fourth-order valence-corrected chi connectivity index (χ4v) is 6.27. The zero-order valence-corrected chi connectivity index (χ0v) is 20.7. The van der Waals surface area contributed by atoms with Gasteiger partial charge in [0.25, 0.3) is 12.3 Å². The van der Waals surface area contributed by atoms with Crippen LogP contribution in [0.3, 0.4) is 0 Å². The van der Waals surface area contributed by atoms with Gasteiger partial charge in [0.2, 0.25) is 17.7 Å². The first-order valence-corrected chi connectivity index (χ1v) is 12.7. The molecule has 2 saturated heterocycles. The van der Waals surface area contributed by atoms with E-state index in [4.69, 9.17) is 0 Å². The van der Waals surface area contributed by atoms with Crippen molar-refractivity contribution < 1.29 is 36.3 Å². The molecule has 0 spiro atoms. The van der Waals surface area contributed by atoms with Gasteiger partial charge >= 0.3 is 0 Å². The molecule has 1 aliphatic carbocycles. The fraction of sp³-hybridized carbons (Fsp3) is 0.538. The molecule has 8 nitrogen and oxygen atoms in total. The lowest BCUT2D eigenvalue weighted by Crippen LogP contribution is -2.52. The Bertz CT molecular complexity index is 1360. The van der Waals surface area contributed by atoms with Crippen molar-refractivity contribution in [3.05, 3.63) is 35.3 Å². The number of halogens is 5. The lowest BCUT2D eigenvalue weighted by molar-refractivity contribution is -0.129. The zero-order chi connectivity index (χ0) is 28.1. The van der Waals surface area contributed by atoms with Gasteiger partial charge in [-0.1, -0.05) is 0 Å². The maximum Gasteiger partial charge on any atom is 0.271 e. The van der Waals surface area contributed by atoms with Crippen molar-refractivity contribution >= 4 is 28.6 Å². The minimum absolute atomic E-state index is 0.0307. The van der Waals surface area contributed by atoms with Gasteiger partial charge in [-0.2, -0.15) is 5.26 Å². The first-order valence-electron chi connectivity index (χ1n) is 12.7. The van der Waals surface area contributed by atoms with E-state index in [-0.39, 0.29) is 35.5 Å². The maximum absolute atomic E-state index is 14.3. The van der Waals surface area contributed by atoms with Crippen LogP contribution in [0.25, 0.3) is 10.9 Å². The molecule has 1 saturated carbocycles. The molecule has 2 aliphatic heterocycles. The molecule has 5 rings (SSSR count). The summed E-state index contributed by atoms with van der Waals surface area (Å²) in [5, 5.41) is 14.8. The number of nitrogens with one attached hydrogen (secondary N) is 3. The molecule has 0 unspecified atom stereocenters. The van der Waals surface area contributed by atoms with Crippen molar-refractivity contribution in [3.8, 4) is 6.07 Å². The highest BCUT2D eigenvalue weighted by atomic mass is 19.3. The number of hydrogen-bond acceptors (Lipinski definition) is 4. The summed E-state index contributed by atoms with van der Waals surface area (Å²) in [5.41, 5.74) is -0.857. The normalized spacial score (nSPS) is 26.8. The monoisotopic (exact) mass is 551 g/mol. The average molecular weight is 552 g/mol. The quantitative estimate of drug-likeness (QED) is 0.475. The third-order valence-corrected chi connectivity index (χ3v) is 7.99. The maximum atomic E-state index is 14.3. The number of aromatic amines is 1. The Morgan fingerprint density at radius 2 is 2.00 bits per heavy atom. The third-order valence-electron chi connectivity index (χ3n) is 7.99. The topological polar surface area (TPSA) is 118 Å². The largest absolute Gasteiger partial charge is 0.356 e. The smallest absolute Gasteiger partial charge is 0.271 e. The van der Waals surface area contributed by atoms with Crippen LogP contribution >= 0.6 is 0 Å². The Balaban J connectivity index is 1.41. The molecular formula is C26H26F5N5O3. The van der Waals surface area contributed by atoms with Gasteiger partial charge in [0.1, 0.15) is 23.6 Å². The Labute approximate surface area is 219 Å². The van der Waals surface area contributed by atoms with Gasteiger partial charge in [-0.05, 0) is 49.3 Å². The molecule has 5 atom stereocenters. The molecule has 3 aliphatic rings. The highest BCUT2D eigenvalue weighted by Crippen LogP contribution is 2.50. The summed E-state index contributed by atoms with van der Waals surface area (Å²) in [5.74, 6) is -7.85. The van der Waals surface area contributed by atoms with Gasteiger partial charge in [-0.15, -0.1) is 0 Å². The van der Waals surface area contributed by atoms with Gasteiger partial charge < -0.3 is 20.5 Å². The van der Waals surface area contributed by atoms with Gasteiger partial charge in [-0.25, -0.2) is 22.0 Å². The van der Waals surface area contributed by atoms with Crippen LogP contribution in [0.2, 0.25) is 0 Å². The molecule has 3 heterocycles. The minimum Gasteiger partial charge on any atom is -0.356 e. The van der Waals surface area contributed by atoms with E-state index in [1.807, 2.05) is 6.07 Å². The summed E-state index contributed by atoms with van der Waals surface area (Å²) in [6.45, 7) is 0.347. The number of amides is 3. The molecular weight excluding hydrogens is 525 g/mol. The SMILES string of the molecule is N#C[C@H](C[C@@H]1CCCNC1=O)NC(=O)[C@H]1[C@@H]2CC(F)(F)C[C@@H]2CN1C(=O)c1cc2c(C(F)F)cc(F)cc2[nH]1. The number of carbonyl (C=O) groups is 3. The summed E-state index contributed by atoms with van der Waals surface area (Å²) >= 11 is 0.